The number of alkyl halides is 2. The van der Waals surface area contributed by atoms with Crippen molar-refractivity contribution in [2.75, 3.05) is 0 Å². The third-order valence-corrected chi connectivity index (χ3v) is 4.46. The molecule has 0 saturated carbocycles. The minimum atomic E-state index is -2.91. The van der Waals surface area contributed by atoms with Gasteiger partial charge in [-0.2, -0.15) is 8.78 Å². The summed E-state index contributed by atoms with van der Waals surface area (Å²) < 4.78 is 29.6. The maximum absolute atomic E-state index is 12.6. The average molecular weight is 381 g/mol. The van der Waals surface area contributed by atoms with Crippen LogP contribution in [0.5, 0.6) is 5.75 Å². The summed E-state index contributed by atoms with van der Waals surface area (Å²) in [4.78, 5) is 12.6. The van der Waals surface area contributed by atoms with E-state index >= 15 is 0 Å². The van der Waals surface area contributed by atoms with Crippen LogP contribution >= 0.6 is 0 Å². The lowest BCUT2D eigenvalue weighted by Crippen LogP contribution is -2.25. The lowest BCUT2D eigenvalue weighted by molar-refractivity contribution is -0.121. The molecular weight excluding hydrogens is 360 g/mol. The van der Waals surface area contributed by atoms with E-state index in [0.717, 1.165) is 11.1 Å². The Morgan fingerprint density at radius 1 is 0.821 bits per heavy atom. The molecule has 0 aliphatic carbocycles. The van der Waals surface area contributed by atoms with Crippen molar-refractivity contribution in [1.82, 2.24) is 5.32 Å². The SMILES string of the molecule is O=C(CC(c1ccccc1)c1ccccc1)NCc1ccccc1OC(F)F. The van der Waals surface area contributed by atoms with Crippen LogP contribution in [-0.2, 0) is 11.3 Å². The molecule has 3 rings (SSSR count). The molecule has 0 atom stereocenters. The molecule has 0 fully saturated rings. The Bertz CT molecular complexity index is 846. The van der Waals surface area contributed by atoms with E-state index in [0.29, 0.717) is 5.56 Å². The highest BCUT2D eigenvalue weighted by molar-refractivity contribution is 5.77. The first-order valence-electron chi connectivity index (χ1n) is 9.03. The molecule has 0 aliphatic heterocycles. The summed E-state index contributed by atoms with van der Waals surface area (Å²) in [5.41, 5.74) is 2.60. The van der Waals surface area contributed by atoms with E-state index < -0.39 is 6.61 Å². The molecule has 0 aliphatic rings. The molecule has 0 aromatic heterocycles. The second kappa shape index (κ2) is 9.65. The first kappa shape index (κ1) is 19.5. The third kappa shape index (κ3) is 5.39. The number of carbonyl (C=O) groups is 1. The van der Waals surface area contributed by atoms with Crippen molar-refractivity contribution in [2.45, 2.75) is 25.5 Å². The molecule has 5 heteroatoms. The van der Waals surface area contributed by atoms with Crippen molar-refractivity contribution in [2.24, 2.45) is 0 Å². The highest BCUT2D eigenvalue weighted by atomic mass is 19.3. The number of carbonyl (C=O) groups excluding carboxylic acids is 1. The Hall–Kier alpha value is -3.21. The Labute approximate surface area is 163 Å². The van der Waals surface area contributed by atoms with Crippen LogP contribution in [0.25, 0.3) is 0 Å². The lowest BCUT2D eigenvalue weighted by atomic mass is 9.88. The number of hydrogen-bond acceptors (Lipinski definition) is 2. The monoisotopic (exact) mass is 381 g/mol. The molecule has 0 bridgehead atoms. The number of para-hydroxylation sites is 1. The Morgan fingerprint density at radius 2 is 1.36 bits per heavy atom. The van der Waals surface area contributed by atoms with E-state index in [1.807, 2.05) is 60.7 Å². The molecule has 28 heavy (non-hydrogen) atoms. The van der Waals surface area contributed by atoms with Gasteiger partial charge in [0.05, 0.1) is 0 Å². The highest BCUT2D eigenvalue weighted by Crippen LogP contribution is 2.28. The van der Waals surface area contributed by atoms with Gasteiger partial charge >= 0.3 is 6.61 Å². The number of halogens is 2. The van der Waals surface area contributed by atoms with Gasteiger partial charge in [-0.05, 0) is 17.2 Å². The summed E-state index contributed by atoms with van der Waals surface area (Å²) in [6.45, 7) is -2.78. The number of hydrogen-bond donors (Lipinski definition) is 1. The van der Waals surface area contributed by atoms with Gasteiger partial charge in [0.2, 0.25) is 5.91 Å². The molecular formula is C23H21F2NO2. The molecule has 0 saturated heterocycles. The summed E-state index contributed by atoms with van der Waals surface area (Å²) in [6.07, 6.45) is 0.256. The average Bonchev–Trinajstić information content (AvgIpc) is 2.72. The molecule has 144 valence electrons. The van der Waals surface area contributed by atoms with Crippen LogP contribution < -0.4 is 10.1 Å². The standard InChI is InChI=1S/C23H21F2NO2/c24-23(25)28-21-14-8-7-13-19(21)16-26-22(27)15-20(17-9-3-1-4-10-17)18-11-5-2-6-12-18/h1-14,20,23H,15-16H2,(H,26,27). The molecule has 0 radical (unpaired) electrons. The molecule has 1 amide bonds. The third-order valence-electron chi connectivity index (χ3n) is 4.46. The van der Waals surface area contributed by atoms with Crippen LogP contribution in [0.1, 0.15) is 29.0 Å². The maximum atomic E-state index is 12.6. The fourth-order valence-corrected chi connectivity index (χ4v) is 3.11. The van der Waals surface area contributed by atoms with Gasteiger partial charge in [0.1, 0.15) is 5.75 Å². The van der Waals surface area contributed by atoms with E-state index in [-0.39, 0.29) is 30.5 Å². The number of benzene rings is 3. The van der Waals surface area contributed by atoms with E-state index in [1.54, 1.807) is 18.2 Å². The Balaban J connectivity index is 1.70. The van der Waals surface area contributed by atoms with Crippen molar-refractivity contribution < 1.29 is 18.3 Å². The summed E-state index contributed by atoms with van der Waals surface area (Å²) >= 11 is 0. The van der Waals surface area contributed by atoms with Crippen molar-refractivity contribution >= 4 is 5.91 Å². The summed E-state index contributed by atoms with van der Waals surface area (Å²) in [6, 6.07) is 26.1. The second-order valence-electron chi connectivity index (χ2n) is 6.34. The largest absolute Gasteiger partial charge is 0.434 e. The highest BCUT2D eigenvalue weighted by Gasteiger charge is 2.18. The number of amides is 1. The minimum absolute atomic E-state index is 0.0699. The van der Waals surface area contributed by atoms with Crippen LogP contribution in [0.15, 0.2) is 84.9 Å². The molecule has 0 heterocycles. The van der Waals surface area contributed by atoms with Crippen LogP contribution in [-0.4, -0.2) is 12.5 Å². The van der Waals surface area contributed by atoms with Crippen LogP contribution in [0.4, 0.5) is 8.78 Å². The van der Waals surface area contributed by atoms with Gasteiger partial charge in [0.25, 0.3) is 0 Å². The molecule has 0 spiro atoms. The van der Waals surface area contributed by atoms with E-state index in [2.05, 4.69) is 10.1 Å². The summed E-state index contributed by atoms with van der Waals surface area (Å²) in [5, 5.41) is 2.82. The zero-order valence-corrected chi connectivity index (χ0v) is 15.2. The minimum Gasteiger partial charge on any atom is -0.434 e. The van der Waals surface area contributed by atoms with Crippen molar-refractivity contribution in [3.05, 3.63) is 102 Å². The molecule has 0 unspecified atom stereocenters. The van der Waals surface area contributed by atoms with Crippen LogP contribution in [0.2, 0.25) is 0 Å². The maximum Gasteiger partial charge on any atom is 0.387 e. The van der Waals surface area contributed by atoms with Crippen molar-refractivity contribution in [3.63, 3.8) is 0 Å². The van der Waals surface area contributed by atoms with Gasteiger partial charge in [-0.15, -0.1) is 0 Å². The number of rotatable bonds is 8. The fourth-order valence-electron chi connectivity index (χ4n) is 3.11. The van der Waals surface area contributed by atoms with Crippen LogP contribution in [0, 0.1) is 0 Å². The topological polar surface area (TPSA) is 38.3 Å². The van der Waals surface area contributed by atoms with Gasteiger partial charge in [-0.3, -0.25) is 4.79 Å². The van der Waals surface area contributed by atoms with Crippen molar-refractivity contribution in [3.8, 4) is 5.75 Å². The lowest BCUT2D eigenvalue weighted by Gasteiger charge is -2.18. The van der Waals surface area contributed by atoms with Gasteiger partial charge in [-0.25, -0.2) is 0 Å². The number of ether oxygens (including phenoxy) is 1. The molecule has 3 nitrogen and oxygen atoms in total. The summed E-state index contributed by atoms with van der Waals surface area (Å²) in [5.74, 6) is -0.181. The first-order valence-corrected chi connectivity index (χ1v) is 9.03. The van der Waals surface area contributed by atoms with E-state index in [4.69, 9.17) is 0 Å². The quantitative estimate of drug-likeness (QED) is 0.588. The predicted octanol–water partition coefficient (Wildman–Crippen LogP) is 5.13. The van der Waals surface area contributed by atoms with E-state index in [1.165, 1.54) is 6.07 Å². The van der Waals surface area contributed by atoms with Crippen LogP contribution in [0.3, 0.4) is 0 Å². The second-order valence-corrected chi connectivity index (χ2v) is 6.34. The van der Waals surface area contributed by atoms with Gasteiger partial charge < -0.3 is 10.1 Å². The zero-order chi connectivity index (χ0) is 19.8. The smallest absolute Gasteiger partial charge is 0.387 e. The normalized spacial score (nSPS) is 10.9. The first-order chi connectivity index (χ1) is 13.6. The van der Waals surface area contributed by atoms with Gasteiger partial charge in [0, 0.05) is 24.4 Å². The van der Waals surface area contributed by atoms with Gasteiger partial charge in [0.15, 0.2) is 0 Å². The predicted molar refractivity (Wildman–Crippen MR) is 104 cm³/mol. The fraction of sp³-hybridized carbons (Fsp3) is 0.174. The Morgan fingerprint density at radius 3 is 1.93 bits per heavy atom. The molecule has 3 aromatic rings. The summed E-state index contributed by atoms with van der Waals surface area (Å²) in [7, 11) is 0. The van der Waals surface area contributed by atoms with Crippen molar-refractivity contribution in [1.29, 1.82) is 0 Å². The van der Waals surface area contributed by atoms with Gasteiger partial charge in [-0.1, -0.05) is 78.9 Å². The Kier molecular flexibility index (Phi) is 6.73. The van der Waals surface area contributed by atoms with E-state index in [9.17, 15) is 13.6 Å². The molecule has 1 N–H and O–H groups in total. The molecule has 3 aromatic carbocycles. The zero-order valence-electron chi connectivity index (χ0n) is 15.2. The number of nitrogens with one attached hydrogen (secondary N) is 1.